The van der Waals surface area contributed by atoms with Crippen molar-refractivity contribution in [3.05, 3.63) is 42.6 Å². The van der Waals surface area contributed by atoms with Crippen LogP contribution in [0.25, 0.3) is 0 Å². The van der Waals surface area contributed by atoms with Gasteiger partial charge in [-0.15, -0.1) is 0 Å². The van der Waals surface area contributed by atoms with Crippen LogP contribution in [0.5, 0.6) is 5.75 Å². The average molecular weight is 256 g/mol. The fourth-order valence-electron chi connectivity index (χ4n) is 2.13. The van der Waals surface area contributed by atoms with Crippen LogP contribution in [-0.4, -0.2) is 34.6 Å². The molecule has 0 aliphatic carbocycles. The number of hydrogen-bond acceptors (Lipinski definition) is 5. The lowest BCUT2D eigenvalue weighted by molar-refractivity contribution is 0.219. The molecule has 0 aromatic carbocycles. The number of anilines is 1. The van der Waals surface area contributed by atoms with Crippen LogP contribution in [0.4, 0.5) is 5.82 Å². The fourth-order valence-corrected chi connectivity index (χ4v) is 2.13. The average Bonchev–Trinajstić information content (AvgIpc) is 2.38. The molecule has 19 heavy (non-hydrogen) atoms. The summed E-state index contributed by atoms with van der Waals surface area (Å²) in [5.41, 5.74) is 0. The lowest BCUT2D eigenvalue weighted by atomic mass is 10.0. The molecular formula is C14H16N4O. The third-order valence-corrected chi connectivity index (χ3v) is 3.16. The van der Waals surface area contributed by atoms with Gasteiger partial charge in [0.05, 0.1) is 12.8 Å². The van der Waals surface area contributed by atoms with Crippen LogP contribution in [0, 0.1) is 12.8 Å². The lowest BCUT2D eigenvalue weighted by Gasteiger charge is -2.39. The van der Waals surface area contributed by atoms with Gasteiger partial charge in [-0.2, -0.15) is 0 Å². The number of nitrogens with zero attached hydrogens (tertiary/aromatic N) is 4. The van der Waals surface area contributed by atoms with Gasteiger partial charge in [-0.25, -0.2) is 9.97 Å². The number of pyridine rings is 1. The molecular weight excluding hydrogens is 240 g/mol. The van der Waals surface area contributed by atoms with Gasteiger partial charge in [0, 0.05) is 31.4 Å². The molecule has 2 aromatic heterocycles. The zero-order valence-electron chi connectivity index (χ0n) is 10.9. The molecule has 0 spiro atoms. The predicted octanol–water partition coefficient (Wildman–Crippen LogP) is 1.70. The molecule has 0 N–H and O–H groups in total. The summed E-state index contributed by atoms with van der Waals surface area (Å²) in [5, 5.41) is 0. The van der Waals surface area contributed by atoms with Crippen LogP contribution in [0.3, 0.4) is 0 Å². The van der Waals surface area contributed by atoms with Crippen LogP contribution < -0.4 is 9.64 Å². The van der Waals surface area contributed by atoms with Crippen molar-refractivity contribution in [2.75, 3.05) is 24.6 Å². The number of aromatic nitrogens is 3. The van der Waals surface area contributed by atoms with Crippen molar-refractivity contribution >= 4 is 5.82 Å². The molecule has 1 aliphatic rings. The highest BCUT2D eigenvalue weighted by Crippen LogP contribution is 2.23. The number of rotatable bonds is 4. The second-order valence-corrected chi connectivity index (χ2v) is 4.73. The Morgan fingerprint density at radius 3 is 2.95 bits per heavy atom. The van der Waals surface area contributed by atoms with Crippen LogP contribution in [0.15, 0.2) is 36.8 Å². The standard InChI is InChI=1S/C14H16N4O/c1-11-16-6-4-14(17-11)18-8-12(9-18)10-19-13-3-2-5-15-7-13/h2-7,12H,8-10H2,1H3. The van der Waals surface area contributed by atoms with E-state index in [1.807, 2.05) is 25.1 Å². The monoisotopic (exact) mass is 256 g/mol. The molecule has 0 atom stereocenters. The lowest BCUT2D eigenvalue weighted by Crippen LogP contribution is -2.49. The Balaban J connectivity index is 1.48. The van der Waals surface area contributed by atoms with Crippen molar-refractivity contribution < 1.29 is 4.74 Å². The Morgan fingerprint density at radius 1 is 1.32 bits per heavy atom. The predicted molar refractivity (Wildman–Crippen MR) is 72.2 cm³/mol. The molecule has 0 unspecified atom stereocenters. The first-order chi connectivity index (χ1) is 9.31. The van der Waals surface area contributed by atoms with E-state index in [-0.39, 0.29) is 0 Å². The molecule has 0 amide bonds. The van der Waals surface area contributed by atoms with E-state index in [1.54, 1.807) is 18.6 Å². The first-order valence-corrected chi connectivity index (χ1v) is 6.39. The van der Waals surface area contributed by atoms with Crippen molar-refractivity contribution in [1.82, 2.24) is 15.0 Å². The summed E-state index contributed by atoms with van der Waals surface area (Å²) in [7, 11) is 0. The van der Waals surface area contributed by atoms with Crippen molar-refractivity contribution in [1.29, 1.82) is 0 Å². The van der Waals surface area contributed by atoms with E-state index in [1.165, 1.54) is 0 Å². The van der Waals surface area contributed by atoms with Crippen molar-refractivity contribution in [2.45, 2.75) is 6.92 Å². The van der Waals surface area contributed by atoms with Crippen LogP contribution >= 0.6 is 0 Å². The Morgan fingerprint density at radius 2 is 2.21 bits per heavy atom. The molecule has 2 aromatic rings. The maximum Gasteiger partial charge on any atom is 0.137 e. The second kappa shape index (κ2) is 5.22. The minimum atomic E-state index is 0.551. The van der Waals surface area contributed by atoms with Gasteiger partial charge in [0.25, 0.3) is 0 Å². The summed E-state index contributed by atoms with van der Waals surface area (Å²) < 4.78 is 5.70. The zero-order valence-corrected chi connectivity index (χ0v) is 10.9. The Labute approximate surface area is 112 Å². The van der Waals surface area contributed by atoms with Gasteiger partial charge in [0.2, 0.25) is 0 Å². The Bertz CT molecular complexity index is 540. The molecule has 1 fully saturated rings. The Kier molecular flexibility index (Phi) is 3.27. The van der Waals surface area contributed by atoms with Crippen LogP contribution in [0.2, 0.25) is 0 Å². The maximum atomic E-state index is 5.70. The van der Waals surface area contributed by atoms with Gasteiger partial charge in [-0.3, -0.25) is 4.98 Å². The molecule has 0 bridgehead atoms. The second-order valence-electron chi connectivity index (χ2n) is 4.73. The van der Waals surface area contributed by atoms with Gasteiger partial charge in [-0.05, 0) is 25.1 Å². The molecule has 0 radical (unpaired) electrons. The van der Waals surface area contributed by atoms with Crippen LogP contribution in [-0.2, 0) is 0 Å². The third-order valence-electron chi connectivity index (χ3n) is 3.16. The van der Waals surface area contributed by atoms with Gasteiger partial charge in [-0.1, -0.05) is 0 Å². The quantitative estimate of drug-likeness (QED) is 0.833. The Hall–Kier alpha value is -2.17. The summed E-state index contributed by atoms with van der Waals surface area (Å²) in [6.45, 7) is 4.60. The summed E-state index contributed by atoms with van der Waals surface area (Å²) in [6, 6.07) is 5.76. The molecule has 98 valence electrons. The number of hydrogen-bond donors (Lipinski definition) is 0. The van der Waals surface area contributed by atoms with E-state index < -0.39 is 0 Å². The van der Waals surface area contributed by atoms with Crippen LogP contribution in [0.1, 0.15) is 5.82 Å². The van der Waals surface area contributed by atoms with E-state index in [4.69, 9.17) is 4.74 Å². The van der Waals surface area contributed by atoms with E-state index in [0.717, 1.165) is 37.1 Å². The first kappa shape index (κ1) is 11.9. The normalized spacial score (nSPS) is 15.1. The van der Waals surface area contributed by atoms with Crippen molar-refractivity contribution in [3.63, 3.8) is 0 Å². The summed E-state index contributed by atoms with van der Waals surface area (Å²) in [4.78, 5) is 14.8. The highest BCUT2D eigenvalue weighted by Gasteiger charge is 2.28. The molecule has 1 aliphatic heterocycles. The summed E-state index contributed by atoms with van der Waals surface area (Å²) in [5.74, 6) is 3.20. The number of aryl methyl sites for hydroxylation is 1. The number of ether oxygens (including phenoxy) is 1. The van der Waals surface area contributed by atoms with Gasteiger partial charge < -0.3 is 9.64 Å². The molecule has 5 nitrogen and oxygen atoms in total. The van der Waals surface area contributed by atoms with E-state index in [9.17, 15) is 0 Å². The highest BCUT2D eigenvalue weighted by atomic mass is 16.5. The van der Waals surface area contributed by atoms with Gasteiger partial charge in [0.1, 0.15) is 17.4 Å². The van der Waals surface area contributed by atoms with Gasteiger partial charge >= 0.3 is 0 Å². The van der Waals surface area contributed by atoms with E-state index in [2.05, 4.69) is 19.9 Å². The fraction of sp³-hybridized carbons (Fsp3) is 0.357. The topological polar surface area (TPSA) is 51.1 Å². The van der Waals surface area contributed by atoms with E-state index >= 15 is 0 Å². The SMILES string of the molecule is Cc1nccc(N2CC(COc3cccnc3)C2)n1. The first-order valence-electron chi connectivity index (χ1n) is 6.39. The molecule has 0 saturated carbocycles. The van der Waals surface area contributed by atoms with E-state index in [0.29, 0.717) is 5.92 Å². The molecule has 3 rings (SSSR count). The van der Waals surface area contributed by atoms with Gasteiger partial charge in [0.15, 0.2) is 0 Å². The highest BCUT2D eigenvalue weighted by molar-refractivity contribution is 5.40. The molecule has 5 heteroatoms. The maximum absolute atomic E-state index is 5.70. The summed E-state index contributed by atoms with van der Waals surface area (Å²) >= 11 is 0. The summed E-state index contributed by atoms with van der Waals surface area (Å²) in [6.07, 6.45) is 5.29. The zero-order chi connectivity index (χ0) is 13.1. The molecule has 1 saturated heterocycles. The minimum absolute atomic E-state index is 0.551. The largest absolute Gasteiger partial charge is 0.492 e. The van der Waals surface area contributed by atoms with Crippen molar-refractivity contribution in [3.8, 4) is 5.75 Å². The third kappa shape index (κ3) is 2.81. The molecule has 3 heterocycles. The van der Waals surface area contributed by atoms with Crippen molar-refractivity contribution in [2.24, 2.45) is 5.92 Å². The smallest absolute Gasteiger partial charge is 0.137 e. The minimum Gasteiger partial charge on any atom is -0.492 e.